The lowest BCUT2D eigenvalue weighted by molar-refractivity contribution is 0.102. The standard InChI is InChI=1S/C19H22N2O4S/c1-5-12-21(26(4,23)24)16-9-7-15(8-10-16)19(22)20-17-13-14(2)6-11-18(17)25-3/h5-11,13H,1,12H2,2-4H3,(H,20,22). The summed E-state index contributed by atoms with van der Waals surface area (Å²) in [6, 6.07) is 11.8. The molecule has 0 aliphatic heterocycles. The van der Waals surface area contributed by atoms with Gasteiger partial charge in [-0.25, -0.2) is 8.42 Å². The van der Waals surface area contributed by atoms with Gasteiger partial charge < -0.3 is 10.1 Å². The smallest absolute Gasteiger partial charge is 0.255 e. The molecule has 0 atom stereocenters. The second-order valence-corrected chi connectivity index (χ2v) is 7.69. The molecule has 0 saturated heterocycles. The summed E-state index contributed by atoms with van der Waals surface area (Å²) in [5, 5.41) is 2.81. The minimum atomic E-state index is -3.43. The quantitative estimate of drug-likeness (QED) is 0.755. The molecule has 0 aliphatic rings. The van der Waals surface area contributed by atoms with Gasteiger partial charge in [0.1, 0.15) is 5.75 Å². The van der Waals surface area contributed by atoms with E-state index >= 15 is 0 Å². The van der Waals surface area contributed by atoms with E-state index in [1.807, 2.05) is 19.1 Å². The Bertz CT molecular complexity index is 906. The van der Waals surface area contributed by atoms with Crippen molar-refractivity contribution in [1.82, 2.24) is 0 Å². The molecule has 0 heterocycles. The van der Waals surface area contributed by atoms with Crippen molar-refractivity contribution in [1.29, 1.82) is 0 Å². The first-order valence-electron chi connectivity index (χ1n) is 7.91. The molecule has 7 heteroatoms. The molecule has 0 aliphatic carbocycles. The van der Waals surface area contributed by atoms with Crippen LogP contribution < -0.4 is 14.4 Å². The largest absolute Gasteiger partial charge is 0.495 e. The second-order valence-electron chi connectivity index (χ2n) is 5.79. The highest BCUT2D eigenvalue weighted by molar-refractivity contribution is 7.92. The predicted molar refractivity (Wildman–Crippen MR) is 105 cm³/mol. The molecule has 6 nitrogen and oxygen atoms in total. The average Bonchev–Trinajstić information content (AvgIpc) is 2.59. The van der Waals surface area contributed by atoms with Crippen LogP contribution in [0.5, 0.6) is 5.75 Å². The Kier molecular flexibility index (Phi) is 6.05. The summed E-state index contributed by atoms with van der Waals surface area (Å²) in [5.41, 5.74) is 2.44. The van der Waals surface area contributed by atoms with Gasteiger partial charge in [-0.05, 0) is 48.9 Å². The number of hydrogen-bond donors (Lipinski definition) is 1. The van der Waals surface area contributed by atoms with E-state index in [1.165, 1.54) is 17.5 Å². The molecule has 0 fully saturated rings. The van der Waals surface area contributed by atoms with Crippen molar-refractivity contribution in [2.75, 3.05) is 29.5 Å². The lowest BCUT2D eigenvalue weighted by Gasteiger charge is -2.20. The number of methoxy groups -OCH3 is 1. The lowest BCUT2D eigenvalue weighted by atomic mass is 10.1. The number of carbonyl (C=O) groups excluding carboxylic acids is 1. The maximum Gasteiger partial charge on any atom is 0.255 e. The van der Waals surface area contributed by atoms with Crippen LogP contribution in [0.3, 0.4) is 0 Å². The van der Waals surface area contributed by atoms with E-state index in [1.54, 1.807) is 30.3 Å². The molecule has 0 saturated carbocycles. The van der Waals surface area contributed by atoms with Crippen LogP contribution in [-0.4, -0.2) is 34.2 Å². The van der Waals surface area contributed by atoms with Crippen molar-refractivity contribution in [2.24, 2.45) is 0 Å². The molecule has 138 valence electrons. The van der Waals surface area contributed by atoms with Gasteiger partial charge in [-0.3, -0.25) is 9.10 Å². The number of benzene rings is 2. The molecular formula is C19H22N2O4S. The number of rotatable bonds is 7. The topological polar surface area (TPSA) is 75.7 Å². The average molecular weight is 374 g/mol. The van der Waals surface area contributed by atoms with Crippen LogP contribution in [0.25, 0.3) is 0 Å². The van der Waals surface area contributed by atoms with Crippen LogP contribution in [-0.2, 0) is 10.0 Å². The van der Waals surface area contributed by atoms with Crippen molar-refractivity contribution >= 4 is 27.3 Å². The number of amides is 1. The van der Waals surface area contributed by atoms with Crippen LogP contribution in [0.4, 0.5) is 11.4 Å². The normalized spacial score (nSPS) is 10.9. The van der Waals surface area contributed by atoms with Crippen LogP contribution in [0.1, 0.15) is 15.9 Å². The molecular weight excluding hydrogens is 352 g/mol. The van der Waals surface area contributed by atoms with Crippen molar-refractivity contribution in [3.05, 3.63) is 66.2 Å². The van der Waals surface area contributed by atoms with Crippen LogP contribution >= 0.6 is 0 Å². The third-order valence-electron chi connectivity index (χ3n) is 3.72. The first-order chi connectivity index (χ1) is 12.3. The fourth-order valence-corrected chi connectivity index (χ4v) is 3.32. The predicted octanol–water partition coefficient (Wildman–Crippen LogP) is 3.21. The van der Waals surface area contributed by atoms with Crippen LogP contribution in [0, 0.1) is 6.92 Å². The maximum atomic E-state index is 12.5. The maximum absolute atomic E-state index is 12.5. The van der Waals surface area contributed by atoms with Crippen LogP contribution in [0.15, 0.2) is 55.1 Å². The first kappa shape index (κ1) is 19.5. The van der Waals surface area contributed by atoms with Crippen molar-refractivity contribution in [3.63, 3.8) is 0 Å². The summed E-state index contributed by atoms with van der Waals surface area (Å²) in [7, 11) is -1.89. The SMILES string of the molecule is C=CCN(c1ccc(C(=O)Nc2cc(C)ccc2OC)cc1)S(C)(=O)=O. The van der Waals surface area contributed by atoms with E-state index in [2.05, 4.69) is 11.9 Å². The third-order valence-corrected chi connectivity index (χ3v) is 4.88. The lowest BCUT2D eigenvalue weighted by Crippen LogP contribution is -2.29. The van der Waals surface area contributed by atoms with Gasteiger partial charge in [-0.1, -0.05) is 12.1 Å². The molecule has 2 aromatic carbocycles. The molecule has 1 N–H and O–H groups in total. The van der Waals surface area contributed by atoms with Gasteiger partial charge in [-0.15, -0.1) is 6.58 Å². The number of carbonyl (C=O) groups is 1. The second kappa shape index (κ2) is 8.05. The number of ether oxygens (including phenoxy) is 1. The van der Waals surface area contributed by atoms with Crippen molar-refractivity contribution in [2.45, 2.75) is 6.92 Å². The molecule has 2 aromatic rings. The Morgan fingerprint density at radius 1 is 1.23 bits per heavy atom. The summed E-state index contributed by atoms with van der Waals surface area (Å²) in [4.78, 5) is 12.5. The van der Waals surface area contributed by atoms with Crippen molar-refractivity contribution in [3.8, 4) is 5.75 Å². The van der Waals surface area contributed by atoms with Gasteiger partial charge in [0.25, 0.3) is 5.91 Å². The zero-order valence-electron chi connectivity index (χ0n) is 15.0. The number of nitrogens with zero attached hydrogens (tertiary/aromatic N) is 1. The van der Waals surface area contributed by atoms with Crippen molar-refractivity contribution < 1.29 is 17.9 Å². The van der Waals surface area contributed by atoms with Gasteiger partial charge in [0.05, 0.1) is 31.3 Å². The Labute approximate surface area is 154 Å². The van der Waals surface area contributed by atoms with Gasteiger partial charge >= 0.3 is 0 Å². The Balaban J connectivity index is 2.24. The summed E-state index contributed by atoms with van der Waals surface area (Å²) in [6.07, 6.45) is 2.63. The van der Waals surface area contributed by atoms with Crippen LogP contribution in [0.2, 0.25) is 0 Å². The summed E-state index contributed by atoms with van der Waals surface area (Å²) >= 11 is 0. The number of sulfonamides is 1. The number of anilines is 2. The molecule has 0 radical (unpaired) electrons. The molecule has 0 aromatic heterocycles. The van der Waals surface area contributed by atoms with E-state index < -0.39 is 10.0 Å². The molecule has 1 amide bonds. The highest BCUT2D eigenvalue weighted by Crippen LogP contribution is 2.26. The third kappa shape index (κ3) is 4.64. The van der Waals surface area contributed by atoms with Gasteiger partial charge in [-0.2, -0.15) is 0 Å². The molecule has 0 spiro atoms. The zero-order chi connectivity index (χ0) is 19.3. The monoisotopic (exact) mass is 374 g/mol. The molecule has 0 bridgehead atoms. The Hall–Kier alpha value is -2.80. The summed E-state index contributed by atoms with van der Waals surface area (Å²) in [6.45, 7) is 5.65. The van der Waals surface area contributed by atoms with Gasteiger partial charge in [0, 0.05) is 5.56 Å². The Morgan fingerprint density at radius 2 is 1.88 bits per heavy atom. The van der Waals surface area contributed by atoms with E-state index in [-0.39, 0.29) is 12.5 Å². The minimum absolute atomic E-state index is 0.158. The van der Waals surface area contributed by atoms with Gasteiger partial charge in [0.2, 0.25) is 10.0 Å². The molecule has 2 rings (SSSR count). The summed E-state index contributed by atoms with van der Waals surface area (Å²) < 4.78 is 30.2. The minimum Gasteiger partial charge on any atom is -0.495 e. The number of hydrogen-bond acceptors (Lipinski definition) is 4. The zero-order valence-corrected chi connectivity index (χ0v) is 15.8. The number of aryl methyl sites for hydroxylation is 1. The number of nitrogens with one attached hydrogen (secondary N) is 1. The molecule has 0 unspecified atom stereocenters. The summed E-state index contributed by atoms with van der Waals surface area (Å²) in [5.74, 6) is 0.255. The molecule has 26 heavy (non-hydrogen) atoms. The van der Waals surface area contributed by atoms with Gasteiger partial charge in [0.15, 0.2) is 0 Å². The highest BCUT2D eigenvalue weighted by Gasteiger charge is 2.17. The van der Waals surface area contributed by atoms with E-state index in [0.29, 0.717) is 22.7 Å². The van der Waals surface area contributed by atoms with E-state index in [0.717, 1.165) is 11.8 Å². The fraction of sp³-hybridized carbons (Fsp3) is 0.211. The van der Waals surface area contributed by atoms with E-state index in [4.69, 9.17) is 4.74 Å². The fourth-order valence-electron chi connectivity index (χ4n) is 2.44. The van der Waals surface area contributed by atoms with E-state index in [9.17, 15) is 13.2 Å². The first-order valence-corrected chi connectivity index (χ1v) is 9.75. The highest BCUT2D eigenvalue weighted by atomic mass is 32.2. The Morgan fingerprint density at radius 3 is 2.42 bits per heavy atom.